The SMILES string of the molecule is CC(C)NC(=O)CNCc1cccc(NC(=O)c2ccccc2Cl)c1. The molecule has 0 aliphatic rings. The van der Waals surface area contributed by atoms with Gasteiger partial charge in [0.2, 0.25) is 5.91 Å². The molecule has 0 atom stereocenters. The molecule has 0 aromatic heterocycles. The number of benzene rings is 2. The molecule has 0 heterocycles. The summed E-state index contributed by atoms with van der Waals surface area (Å²) in [6.07, 6.45) is 0. The summed E-state index contributed by atoms with van der Waals surface area (Å²) < 4.78 is 0. The molecule has 0 aliphatic heterocycles. The molecule has 0 bridgehead atoms. The molecule has 0 aliphatic carbocycles. The lowest BCUT2D eigenvalue weighted by Crippen LogP contribution is -2.37. The van der Waals surface area contributed by atoms with Gasteiger partial charge in [0.25, 0.3) is 5.91 Å². The minimum atomic E-state index is -0.257. The number of carbonyl (C=O) groups excluding carboxylic acids is 2. The Labute approximate surface area is 152 Å². The van der Waals surface area contributed by atoms with Gasteiger partial charge in [0, 0.05) is 18.3 Å². The van der Waals surface area contributed by atoms with E-state index in [0.717, 1.165) is 5.56 Å². The zero-order chi connectivity index (χ0) is 18.2. The van der Waals surface area contributed by atoms with Crippen molar-refractivity contribution in [1.29, 1.82) is 0 Å². The first-order chi connectivity index (χ1) is 12.0. The van der Waals surface area contributed by atoms with Crippen LogP contribution in [-0.2, 0) is 11.3 Å². The maximum absolute atomic E-state index is 12.3. The molecule has 2 aromatic rings. The zero-order valence-corrected chi connectivity index (χ0v) is 15.1. The lowest BCUT2D eigenvalue weighted by Gasteiger charge is -2.11. The predicted octanol–water partition coefficient (Wildman–Crippen LogP) is 3.21. The second-order valence-electron chi connectivity index (χ2n) is 5.96. The standard InChI is InChI=1S/C19H22ClN3O2/c1-13(2)22-18(24)12-21-11-14-6-5-7-15(10-14)23-19(25)16-8-3-4-9-17(16)20/h3-10,13,21H,11-12H2,1-2H3,(H,22,24)(H,23,25). The van der Waals surface area contributed by atoms with Crippen molar-refractivity contribution in [2.75, 3.05) is 11.9 Å². The highest BCUT2D eigenvalue weighted by molar-refractivity contribution is 6.34. The number of nitrogens with one attached hydrogen (secondary N) is 3. The van der Waals surface area contributed by atoms with E-state index in [1.54, 1.807) is 24.3 Å². The average molecular weight is 360 g/mol. The van der Waals surface area contributed by atoms with Gasteiger partial charge in [-0.15, -0.1) is 0 Å². The van der Waals surface area contributed by atoms with Crippen molar-refractivity contribution in [2.24, 2.45) is 0 Å². The highest BCUT2D eigenvalue weighted by atomic mass is 35.5. The summed E-state index contributed by atoms with van der Waals surface area (Å²) in [7, 11) is 0. The Balaban J connectivity index is 1.92. The minimum Gasteiger partial charge on any atom is -0.353 e. The third-order valence-corrected chi connectivity index (χ3v) is 3.70. The Morgan fingerprint density at radius 3 is 2.56 bits per heavy atom. The summed E-state index contributed by atoms with van der Waals surface area (Å²) in [6.45, 7) is 4.61. The molecule has 25 heavy (non-hydrogen) atoms. The summed E-state index contributed by atoms with van der Waals surface area (Å²) in [6, 6.07) is 14.5. The molecule has 2 rings (SSSR count). The molecular weight excluding hydrogens is 338 g/mol. The molecule has 0 saturated heterocycles. The Morgan fingerprint density at radius 2 is 1.84 bits per heavy atom. The molecule has 0 unspecified atom stereocenters. The van der Waals surface area contributed by atoms with Crippen molar-refractivity contribution in [1.82, 2.24) is 10.6 Å². The van der Waals surface area contributed by atoms with E-state index in [2.05, 4.69) is 16.0 Å². The van der Waals surface area contributed by atoms with E-state index in [1.165, 1.54) is 0 Å². The van der Waals surface area contributed by atoms with Crippen LogP contribution in [0.2, 0.25) is 5.02 Å². The number of amides is 2. The van der Waals surface area contributed by atoms with E-state index in [4.69, 9.17) is 11.6 Å². The van der Waals surface area contributed by atoms with Gasteiger partial charge in [-0.1, -0.05) is 35.9 Å². The van der Waals surface area contributed by atoms with Gasteiger partial charge in [0.15, 0.2) is 0 Å². The van der Waals surface area contributed by atoms with E-state index in [0.29, 0.717) is 22.8 Å². The van der Waals surface area contributed by atoms with Gasteiger partial charge in [0.05, 0.1) is 17.1 Å². The van der Waals surface area contributed by atoms with Gasteiger partial charge in [-0.3, -0.25) is 9.59 Å². The Morgan fingerprint density at radius 1 is 1.08 bits per heavy atom. The van der Waals surface area contributed by atoms with Crippen LogP contribution in [0.15, 0.2) is 48.5 Å². The van der Waals surface area contributed by atoms with Crippen molar-refractivity contribution < 1.29 is 9.59 Å². The first-order valence-electron chi connectivity index (χ1n) is 8.10. The van der Waals surface area contributed by atoms with Crippen LogP contribution in [0.4, 0.5) is 5.69 Å². The van der Waals surface area contributed by atoms with Crippen LogP contribution in [-0.4, -0.2) is 24.4 Å². The molecule has 2 amide bonds. The molecule has 0 radical (unpaired) electrons. The molecule has 132 valence electrons. The van der Waals surface area contributed by atoms with Crippen molar-refractivity contribution >= 4 is 29.1 Å². The van der Waals surface area contributed by atoms with Crippen LogP contribution in [0.1, 0.15) is 29.8 Å². The fourth-order valence-electron chi connectivity index (χ4n) is 2.30. The van der Waals surface area contributed by atoms with E-state index in [9.17, 15) is 9.59 Å². The number of carbonyl (C=O) groups is 2. The maximum atomic E-state index is 12.3. The van der Waals surface area contributed by atoms with Crippen LogP contribution >= 0.6 is 11.6 Å². The third kappa shape index (κ3) is 6.21. The molecule has 6 heteroatoms. The zero-order valence-electron chi connectivity index (χ0n) is 14.3. The molecule has 0 spiro atoms. The van der Waals surface area contributed by atoms with Crippen LogP contribution < -0.4 is 16.0 Å². The topological polar surface area (TPSA) is 70.2 Å². The van der Waals surface area contributed by atoms with Crippen molar-refractivity contribution in [2.45, 2.75) is 26.4 Å². The second-order valence-corrected chi connectivity index (χ2v) is 6.37. The molecular formula is C19H22ClN3O2. The number of hydrogen-bond acceptors (Lipinski definition) is 3. The Bertz CT molecular complexity index is 747. The molecule has 5 nitrogen and oxygen atoms in total. The van der Waals surface area contributed by atoms with E-state index in [1.807, 2.05) is 38.1 Å². The summed E-state index contributed by atoms with van der Waals surface area (Å²) in [4.78, 5) is 23.9. The fraction of sp³-hybridized carbons (Fsp3) is 0.263. The Hall–Kier alpha value is -2.37. The molecule has 0 fully saturated rings. The van der Waals surface area contributed by atoms with Gasteiger partial charge in [0.1, 0.15) is 0 Å². The van der Waals surface area contributed by atoms with E-state index < -0.39 is 0 Å². The lowest BCUT2D eigenvalue weighted by molar-refractivity contribution is -0.120. The predicted molar refractivity (Wildman–Crippen MR) is 101 cm³/mol. The largest absolute Gasteiger partial charge is 0.353 e. The summed E-state index contributed by atoms with van der Waals surface area (Å²) in [5.74, 6) is -0.301. The maximum Gasteiger partial charge on any atom is 0.257 e. The van der Waals surface area contributed by atoms with Gasteiger partial charge >= 0.3 is 0 Å². The number of halogens is 1. The summed E-state index contributed by atoms with van der Waals surface area (Å²) >= 11 is 6.04. The van der Waals surface area contributed by atoms with Crippen molar-refractivity contribution in [3.63, 3.8) is 0 Å². The molecule has 0 saturated carbocycles. The highest BCUT2D eigenvalue weighted by Crippen LogP contribution is 2.17. The van der Waals surface area contributed by atoms with Crippen LogP contribution in [0.5, 0.6) is 0 Å². The fourth-order valence-corrected chi connectivity index (χ4v) is 2.52. The first-order valence-corrected chi connectivity index (χ1v) is 8.48. The van der Waals surface area contributed by atoms with Gasteiger partial charge in [-0.2, -0.15) is 0 Å². The van der Waals surface area contributed by atoms with Gasteiger partial charge < -0.3 is 16.0 Å². The van der Waals surface area contributed by atoms with Gasteiger partial charge in [-0.05, 0) is 43.7 Å². The van der Waals surface area contributed by atoms with Crippen LogP contribution in [0.3, 0.4) is 0 Å². The Kier molecular flexibility index (Phi) is 6.98. The first kappa shape index (κ1) is 19.0. The lowest BCUT2D eigenvalue weighted by atomic mass is 10.1. The number of rotatable bonds is 7. The minimum absolute atomic E-state index is 0.0434. The van der Waals surface area contributed by atoms with E-state index >= 15 is 0 Å². The van der Waals surface area contributed by atoms with Crippen molar-refractivity contribution in [3.8, 4) is 0 Å². The highest BCUT2D eigenvalue weighted by Gasteiger charge is 2.10. The smallest absolute Gasteiger partial charge is 0.257 e. The summed E-state index contributed by atoms with van der Waals surface area (Å²) in [5, 5.41) is 9.15. The van der Waals surface area contributed by atoms with Crippen LogP contribution in [0.25, 0.3) is 0 Å². The number of hydrogen-bond donors (Lipinski definition) is 3. The molecule has 3 N–H and O–H groups in total. The monoisotopic (exact) mass is 359 g/mol. The quantitative estimate of drug-likeness (QED) is 0.711. The second kappa shape index (κ2) is 9.20. The normalized spacial score (nSPS) is 10.6. The van der Waals surface area contributed by atoms with Crippen molar-refractivity contribution in [3.05, 3.63) is 64.7 Å². The third-order valence-electron chi connectivity index (χ3n) is 3.37. The van der Waals surface area contributed by atoms with Gasteiger partial charge in [-0.25, -0.2) is 0 Å². The number of anilines is 1. The molecule has 2 aromatic carbocycles. The van der Waals surface area contributed by atoms with Crippen LogP contribution in [0, 0.1) is 0 Å². The van der Waals surface area contributed by atoms with E-state index in [-0.39, 0.29) is 24.4 Å². The average Bonchev–Trinajstić information content (AvgIpc) is 2.55. The summed E-state index contributed by atoms with van der Waals surface area (Å²) in [5.41, 5.74) is 2.07.